The van der Waals surface area contributed by atoms with Gasteiger partial charge in [0.15, 0.2) is 0 Å². The highest BCUT2D eigenvalue weighted by Gasteiger charge is 2.16. The van der Waals surface area contributed by atoms with E-state index in [9.17, 15) is 13.5 Å². The second-order valence-electron chi connectivity index (χ2n) is 6.53. The van der Waals surface area contributed by atoms with Gasteiger partial charge in [-0.15, -0.1) is 0 Å². The van der Waals surface area contributed by atoms with E-state index in [1.807, 2.05) is 0 Å². The van der Waals surface area contributed by atoms with Crippen LogP contribution in [0.2, 0.25) is 0 Å². The molecule has 0 amide bonds. The molecule has 0 aromatic rings. The third-order valence-electron chi connectivity index (χ3n) is 4.30. The summed E-state index contributed by atoms with van der Waals surface area (Å²) in [6, 6.07) is 0. The van der Waals surface area contributed by atoms with Crippen LogP contribution in [-0.4, -0.2) is 29.4 Å². The van der Waals surface area contributed by atoms with Crippen molar-refractivity contribution in [2.75, 3.05) is 0 Å². The number of unbranched alkanes of at least 4 members (excludes halogenated alkanes) is 8. The fourth-order valence-corrected chi connectivity index (χ4v) is 3.08. The Morgan fingerprint density at radius 3 is 1.68 bits per heavy atom. The van der Waals surface area contributed by atoms with E-state index in [1.54, 1.807) is 0 Å². The molecule has 5 heteroatoms. The molecule has 0 bridgehead atoms. The molecular weight excluding hydrogens is 300 g/mol. The maximum atomic E-state index is 10.9. The summed E-state index contributed by atoms with van der Waals surface area (Å²) in [5.41, 5.74) is 0. The predicted molar refractivity (Wildman–Crippen MR) is 92.7 cm³/mol. The fourth-order valence-electron chi connectivity index (χ4n) is 2.62. The predicted octanol–water partition coefficient (Wildman–Crippen LogP) is 4.71. The van der Waals surface area contributed by atoms with Crippen LogP contribution in [0, 0.1) is 0 Å². The summed E-state index contributed by atoms with van der Waals surface area (Å²) in [6.07, 6.45) is 13.5. The Bertz CT molecular complexity index is 341. The monoisotopic (exact) mass is 336 g/mol. The molecule has 2 N–H and O–H groups in total. The smallest absolute Gasteiger partial charge is 0.267 e. The highest BCUT2D eigenvalue weighted by atomic mass is 32.2. The van der Waals surface area contributed by atoms with Gasteiger partial charge in [0.25, 0.3) is 10.1 Å². The molecule has 0 aliphatic heterocycles. The van der Waals surface area contributed by atoms with E-state index in [0.29, 0.717) is 6.42 Å². The number of aliphatic hydroxyl groups excluding tert-OH is 1. The molecule has 0 aliphatic carbocycles. The molecule has 0 saturated carbocycles. The van der Waals surface area contributed by atoms with Gasteiger partial charge in [-0.3, -0.25) is 4.55 Å². The molecular formula is C17H36O4S. The molecule has 2 unspecified atom stereocenters. The van der Waals surface area contributed by atoms with Gasteiger partial charge >= 0.3 is 0 Å². The van der Waals surface area contributed by atoms with Gasteiger partial charge in [0.1, 0.15) is 0 Å². The molecule has 0 saturated heterocycles. The topological polar surface area (TPSA) is 74.6 Å². The van der Waals surface area contributed by atoms with Gasteiger partial charge in [0.2, 0.25) is 0 Å². The van der Waals surface area contributed by atoms with Crippen molar-refractivity contribution < 1.29 is 18.1 Å². The van der Waals surface area contributed by atoms with E-state index in [-0.39, 0.29) is 6.10 Å². The van der Waals surface area contributed by atoms with Gasteiger partial charge in [0, 0.05) is 0 Å². The van der Waals surface area contributed by atoms with E-state index in [0.717, 1.165) is 32.1 Å². The van der Waals surface area contributed by atoms with E-state index in [2.05, 4.69) is 6.92 Å². The zero-order valence-corrected chi connectivity index (χ0v) is 15.3. The number of hydrogen-bond acceptors (Lipinski definition) is 3. The zero-order valence-electron chi connectivity index (χ0n) is 14.5. The van der Waals surface area contributed by atoms with Gasteiger partial charge in [-0.2, -0.15) is 8.42 Å². The lowest BCUT2D eigenvalue weighted by molar-refractivity contribution is 0.147. The van der Waals surface area contributed by atoms with E-state index >= 15 is 0 Å². The maximum Gasteiger partial charge on any atom is 0.267 e. The average Bonchev–Trinajstić information content (AvgIpc) is 2.45. The third kappa shape index (κ3) is 13.5. The van der Waals surface area contributed by atoms with Crippen molar-refractivity contribution >= 4 is 10.1 Å². The van der Waals surface area contributed by atoms with Crippen LogP contribution in [0.4, 0.5) is 0 Å². The molecule has 0 spiro atoms. The summed E-state index contributed by atoms with van der Waals surface area (Å²) in [5, 5.41) is 9.18. The largest absolute Gasteiger partial charge is 0.393 e. The van der Waals surface area contributed by atoms with Crippen LogP contribution in [0.25, 0.3) is 0 Å². The normalized spacial score (nSPS) is 14.9. The molecule has 0 aliphatic rings. The van der Waals surface area contributed by atoms with Gasteiger partial charge in [-0.1, -0.05) is 71.1 Å². The summed E-state index contributed by atoms with van der Waals surface area (Å²) >= 11 is 0. The lowest BCUT2D eigenvalue weighted by Crippen LogP contribution is -2.16. The third-order valence-corrected chi connectivity index (χ3v) is 5.55. The Hall–Kier alpha value is -0.130. The first-order chi connectivity index (χ1) is 10.4. The SMILES string of the molecule is CCCCCCCCCCC(O)CCCCC(C)S(=O)(=O)O. The molecule has 0 rings (SSSR count). The Morgan fingerprint density at radius 1 is 0.773 bits per heavy atom. The van der Waals surface area contributed by atoms with Crippen LogP contribution < -0.4 is 0 Å². The fraction of sp³-hybridized carbons (Fsp3) is 1.00. The van der Waals surface area contributed by atoms with Crippen LogP contribution in [0.3, 0.4) is 0 Å². The lowest BCUT2D eigenvalue weighted by atomic mass is 10.0. The summed E-state index contributed by atoms with van der Waals surface area (Å²) in [7, 11) is -3.90. The summed E-state index contributed by atoms with van der Waals surface area (Å²) in [5.74, 6) is 0. The molecule has 2 atom stereocenters. The quantitative estimate of drug-likeness (QED) is 0.335. The van der Waals surface area contributed by atoms with Gasteiger partial charge in [0.05, 0.1) is 11.4 Å². The average molecular weight is 337 g/mol. The van der Waals surface area contributed by atoms with Crippen molar-refractivity contribution in [3.8, 4) is 0 Å². The first kappa shape index (κ1) is 21.9. The maximum absolute atomic E-state index is 10.9. The molecule has 0 aromatic heterocycles. The molecule has 0 radical (unpaired) electrons. The summed E-state index contributed by atoms with van der Waals surface area (Å²) < 4.78 is 30.6. The van der Waals surface area contributed by atoms with E-state index in [4.69, 9.17) is 4.55 Å². The minimum atomic E-state index is -3.90. The number of hydrogen-bond donors (Lipinski definition) is 2. The van der Waals surface area contributed by atoms with Crippen molar-refractivity contribution in [1.82, 2.24) is 0 Å². The van der Waals surface area contributed by atoms with Crippen LogP contribution in [0.5, 0.6) is 0 Å². The van der Waals surface area contributed by atoms with Crippen molar-refractivity contribution in [3.63, 3.8) is 0 Å². The Balaban J connectivity index is 3.38. The molecule has 134 valence electrons. The summed E-state index contributed by atoms with van der Waals surface area (Å²) in [6.45, 7) is 3.75. The van der Waals surface area contributed by atoms with Crippen molar-refractivity contribution in [2.45, 2.75) is 109 Å². The van der Waals surface area contributed by atoms with E-state index in [1.165, 1.54) is 51.9 Å². The first-order valence-corrected chi connectivity index (χ1v) is 10.5. The number of aliphatic hydroxyl groups is 1. The molecule has 0 aromatic carbocycles. The zero-order chi connectivity index (χ0) is 16.8. The standard InChI is InChI=1S/C17H36O4S/c1-3-4-5-6-7-8-9-10-14-17(18)15-12-11-13-16(2)22(19,20)21/h16-18H,3-15H2,1-2H3,(H,19,20,21). The van der Waals surface area contributed by atoms with Crippen molar-refractivity contribution in [3.05, 3.63) is 0 Å². The van der Waals surface area contributed by atoms with Crippen LogP contribution in [0.15, 0.2) is 0 Å². The van der Waals surface area contributed by atoms with Gasteiger partial charge < -0.3 is 5.11 Å². The van der Waals surface area contributed by atoms with Crippen molar-refractivity contribution in [2.24, 2.45) is 0 Å². The van der Waals surface area contributed by atoms with Crippen LogP contribution in [0.1, 0.15) is 97.3 Å². The highest BCUT2D eigenvalue weighted by Crippen LogP contribution is 2.15. The highest BCUT2D eigenvalue weighted by molar-refractivity contribution is 7.86. The Morgan fingerprint density at radius 2 is 1.18 bits per heavy atom. The number of rotatable bonds is 15. The lowest BCUT2D eigenvalue weighted by Gasteiger charge is -2.11. The second-order valence-corrected chi connectivity index (χ2v) is 8.36. The Kier molecular flexibility index (Phi) is 13.2. The Labute approximate surface area is 137 Å². The van der Waals surface area contributed by atoms with Crippen molar-refractivity contribution in [1.29, 1.82) is 0 Å². The summed E-state index contributed by atoms with van der Waals surface area (Å²) in [4.78, 5) is 0. The van der Waals surface area contributed by atoms with Gasteiger partial charge in [-0.05, 0) is 26.2 Å². The van der Waals surface area contributed by atoms with Gasteiger partial charge in [-0.25, -0.2) is 0 Å². The molecule has 22 heavy (non-hydrogen) atoms. The van der Waals surface area contributed by atoms with Crippen LogP contribution in [-0.2, 0) is 10.1 Å². The first-order valence-electron chi connectivity index (χ1n) is 9.02. The minimum Gasteiger partial charge on any atom is -0.393 e. The van der Waals surface area contributed by atoms with Crippen LogP contribution >= 0.6 is 0 Å². The second kappa shape index (κ2) is 13.3. The molecule has 4 nitrogen and oxygen atoms in total. The van der Waals surface area contributed by atoms with E-state index < -0.39 is 15.4 Å². The minimum absolute atomic E-state index is 0.263. The molecule has 0 heterocycles. The molecule has 0 fully saturated rings.